The summed E-state index contributed by atoms with van der Waals surface area (Å²) in [4.78, 5) is 14.8. The monoisotopic (exact) mass is 375 g/mol. The van der Waals surface area contributed by atoms with E-state index in [9.17, 15) is 4.79 Å². The first-order valence-electron chi connectivity index (χ1n) is 8.85. The molecule has 2 aromatic rings. The van der Waals surface area contributed by atoms with Crippen LogP contribution < -0.4 is 17.3 Å². The van der Waals surface area contributed by atoms with Crippen molar-refractivity contribution < 1.29 is 31.6 Å². The van der Waals surface area contributed by atoms with Crippen LogP contribution in [0.25, 0.3) is 0 Å². The second-order valence-electron chi connectivity index (χ2n) is 6.68. The number of hydrogen-bond acceptors (Lipinski definition) is 3. The van der Waals surface area contributed by atoms with E-state index in [4.69, 9.17) is 9.47 Å². The summed E-state index contributed by atoms with van der Waals surface area (Å²) < 4.78 is 11.8. The van der Waals surface area contributed by atoms with Gasteiger partial charge in [-0.05, 0) is 11.1 Å². The molecule has 1 fully saturated rings. The fourth-order valence-corrected chi connectivity index (χ4v) is 3.50. The largest absolute Gasteiger partial charge is 1.00 e. The van der Waals surface area contributed by atoms with Crippen LogP contribution in [0.1, 0.15) is 24.0 Å². The Kier molecular flexibility index (Phi) is 7.21. The van der Waals surface area contributed by atoms with Crippen molar-refractivity contribution >= 4 is 5.97 Å². The van der Waals surface area contributed by atoms with Crippen LogP contribution in [0.2, 0.25) is 0 Å². The van der Waals surface area contributed by atoms with E-state index < -0.39 is 5.60 Å². The first-order valence-corrected chi connectivity index (χ1v) is 8.85. The number of quaternary nitrogens is 1. The first-order chi connectivity index (χ1) is 12.2. The van der Waals surface area contributed by atoms with Gasteiger partial charge in [0, 0.05) is 20.0 Å². The van der Waals surface area contributed by atoms with Crippen molar-refractivity contribution in [1.29, 1.82) is 0 Å². The van der Waals surface area contributed by atoms with Gasteiger partial charge in [-0.2, -0.15) is 0 Å². The Morgan fingerprint density at radius 1 is 0.962 bits per heavy atom. The van der Waals surface area contributed by atoms with E-state index in [0.29, 0.717) is 0 Å². The summed E-state index contributed by atoms with van der Waals surface area (Å²) in [6.45, 7) is 2.04. The number of benzene rings is 2. The maximum absolute atomic E-state index is 13.3. The predicted molar refractivity (Wildman–Crippen MR) is 96.4 cm³/mol. The quantitative estimate of drug-likeness (QED) is 0.667. The Bertz CT molecular complexity index is 645. The zero-order valence-electron chi connectivity index (χ0n) is 15.3. The van der Waals surface area contributed by atoms with E-state index in [-0.39, 0.29) is 24.5 Å². The number of likely N-dealkylation sites (tertiary alicyclic amines) is 1. The molecule has 1 saturated heterocycles. The molecule has 0 radical (unpaired) electrons. The van der Waals surface area contributed by atoms with Gasteiger partial charge in [-0.15, -0.1) is 0 Å². The molecule has 0 spiro atoms. The van der Waals surface area contributed by atoms with Gasteiger partial charge in [0.2, 0.25) is 5.60 Å². The van der Waals surface area contributed by atoms with Gasteiger partial charge >= 0.3 is 5.97 Å². The van der Waals surface area contributed by atoms with Gasteiger partial charge in [0.1, 0.15) is 6.10 Å². The zero-order valence-corrected chi connectivity index (χ0v) is 16.0. The van der Waals surface area contributed by atoms with E-state index in [1.165, 1.54) is 4.90 Å². The van der Waals surface area contributed by atoms with Gasteiger partial charge in [0.05, 0.1) is 20.1 Å². The van der Waals surface area contributed by atoms with E-state index in [0.717, 1.165) is 37.1 Å². The molecule has 1 heterocycles. The molecule has 4 nitrogen and oxygen atoms in total. The topological polar surface area (TPSA) is 40.0 Å². The summed E-state index contributed by atoms with van der Waals surface area (Å²) in [6.07, 6.45) is 1.74. The zero-order chi connectivity index (χ0) is 17.7. The Morgan fingerprint density at radius 2 is 1.42 bits per heavy atom. The number of nitrogens with one attached hydrogen (secondary N) is 1. The lowest BCUT2D eigenvalue weighted by Crippen LogP contribution is -3.10. The SMILES string of the molecule is COC(C(=O)OC1CC[NH+](C)CC1)(c1ccccc1)c1ccccc1.[Cl-]. The number of carbonyl (C=O) groups is 1. The Hall–Kier alpha value is -1.88. The van der Waals surface area contributed by atoms with Gasteiger partial charge < -0.3 is 26.8 Å². The fourth-order valence-electron chi connectivity index (χ4n) is 3.50. The summed E-state index contributed by atoms with van der Waals surface area (Å²) >= 11 is 0. The molecule has 1 aliphatic heterocycles. The molecule has 1 N–H and O–H groups in total. The molecule has 5 heteroatoms. The molecular weight excluding hydrogens is 350 g/mol. The summed E-state index contributed by atoms with van der Waals surface area (Å²) in [5, 5.41) is 0. The molecule has 0 unspecified atom stereocenters. The molecule has 0 saturated carbocycles. The highest BCUT2D eigenvalue weighted by Gasteiger charge is 2.45. The van der Waals surface area contributed by atoms with Gasteiger partial charge in [0.15, 0.2) is 0 Å². The molecule has 0 aromatic heterocycles. The molecule has 2 aromatic carbocycles. The van der Waals surface area contributed by atoms with Crippen LogP contribution in [0.3, 0.4) is 0 Å². The highest BCUT2D eigenvalue weighted by molar-refractivity contribution is 5.86. The van der Waals surface area contributed by atoms with Gasteiger partial charge in [0.25, 0.3) is 0 Å². The maximum Gasteiger partial charge on any atom is 0.348 e. The smallest absolute Gasteiger partial charge is 0.348 e. The number of piperidine rings is 1. The number of carbonyl (C=O) groups excluding carboxylic acids is 1. The van der Waals surface area contributed by atoms with Crippen LogP contribution in [-0.2, 0) is 19.9 Å². The summed E-state index contributed by atoms with van der Waals surface area (Å²) in [7, 11) is 3.74. The van der Waals surface area contributed by atoms with Crippen molar-refractivity contribution in [3.8, 4) is 0 Å². The maximum atomic E-state index is 13.3. The molecular formula is C21H26ClNO3. The highest BCUT2D eigenvalue weighted by atomic mass is 35.5. The Morgan fingerprint density at radius 3 is 1.85 bits per heavy atom. The van der Waals surface area contributed by atoms with Crippen molar-refractivity contribution in [3.05, 3.63) is 71.8 Å². The number of esters is 1. The Labute approximate surface area is 161 Å². The molecule has 0 aliphatic carbocycles. The van der Waals surface area contributed by atoms with Crippen molar-refractivity contribution in [2.24, 2.45) is 0 Å². The van der Waals surface area contributed by atoms with Crippen molar-refractivity contribution in [2.45, 2.75) is 24.5 Å². The average molecular weight is 376 g/mol. The Balaban J connectivity index is 0.00000243. The van der Waals surface area contributed by atoms with Crippen LogP contribution in [0.5, 0.6) is 0 Å². The van der Waals surface area contributed by atoms with Crippen LogP contribution >= 0.6 is 0 Å². The number of ether oxygens (including phenoxy) is 2. The van der Waals surface area contributed by atoms with Gasteiger partial charge in [-0.3, -0.25) is 0 Å². The average Bonchev–Trinajstić information content (AvgIpc) is 2.66. The normalized spacial score (nSPS) is 20.1. The summed E-state index contributed by atoms with van der Waals surface area (Å²) in [5.41, 5.74) is 0.332. The van der Waals surface area contributed by atoms with Crippen LogP contribution in [0, 0.1) is 0 Å². The first kappa shape index (κ1) is 20.4. The molecule has 0 amide bonds. The second-order valence-corrected chi connectivity index (χ2v) is 6.68. The highest BCUT2D eigenvalue weighted by Crippen LogP contribution is 2.35. The minimum atomic E-state index is -1.24. The van der Waals surface area contributed by atoms with Gasteiger partial charge in [-0.25, -0.2) is 4.79 Å². The number of methoxy groups -OCH3 is 1. The van der Waals surface area contributed by atoms with E-state index >= 15 is 0 Å². The van der Waals surface area contributed by atoms with Gasteiger partial charge in [-0.1, -0.05) is 60.7 Å². The summed E-state index contributed by atoms with van der Waals surface area (Å²) in [5.74, 6) is -0.336. The van der Waals surface area contributed by atoms with Crippen molar-refractivity contribution in [3.63, 3.8) is 0 Å². The third-order valence-electron chi connectivity index (χ3n) is 5.01. The standard InChI is InChI=1S/C21H25NO3.ClH/c1-22-15-13-19(14-16-22)25-20(23)21(24-2,17-9-5-3-6-10-17)18-11-7-4-8-12-18;/h3-12,19H,13-16H2,1-2H3;1H. The lowest BCUT2D eigenvalue weighted by atomic mass is 9.86. The molecule has 1 aliphatic rings. The number of hydrogen-bond donors (Lipinski definition) is 1. The second kappa shape index (κ2) is 9.17. The molecule has 26 heavy (non-hydrogen) atoms. The van der Waals surface area contributed by atoms with Crippen molar-refractivity contribution in [1.82, 2.24) is 0 Å². The van der Waals surface area contributed by atoms with E-state index in [1.807, 2.05) is 60.7 Å². The van der Waals surface area contributed by atoms with Crippen LogP contribution in [-0.4, -0.2) is 39.3 Å². The minimum Gasteiger partial charge on any atom is -1.00 e. The van der Waals surface area contributed by atoms with E-state index in [2.05, 4.69) is 7.05 Å². The lowest BCUT2D eigenvalue weighted by molar-refractivity contribution is -0.885. The lowest BCUT2D eigenvalue weighted by Gasteiger charge is -2.34. The summed E-state index contributed by atoms with van der Waals surface area (Å²) in [6, 6.07) is 19.2. The molecule has 3 rings (SSSR count). The van der Waals surface area contributed by atoms with Crippen molar-refractivity contribution in [2.75, 3.05) is 27.2 Å². The fraction of sp³-hybridized carbons (Fsp3) is 0.381. The van der Waals surface area contributed by atoms with E-state index in [1.54, 1.807) is 7.11 Å². The third-order valence-corrected chi connectivity index (χ3v) is 5.01. The van der Waals surface area contributed by atoms with Crippen LogP contribution in [0.4, 0.5) is 0 Å². The predicted octanol–water partition coefficient (Wildman–Crippen LogP) is -1.20. The molecule has 140 valence electrons. The molecule has 0 bridgehead atoms. The third kappa shape index (κ3) is 4.09. The van der Waals surface area contributed by atoms with Crippen LogP contribution in [0.15, 0.2) is 60.7 Å². The number of rotatable bonds is 5. The minimum absolute atomic E-state index is 0. The molecule has 0 atom stereocenters. The number of halogens is 1.